The Morgan fingerprint density at radius 1 is 1.26 bits per heavy atom. The maximum absolute atomic E-state index is 12.2. The second-order valence-corrected chi connectivity index (χ2v) is 5.90. The van der Waals surface area contributed by atoms with Crippen LogP contribution in [0.2, 0.25) is 0 Å². The number of hydrogen-bond acceptors (Lipinski definition) is 5. The first-order chi connectivity index (χ1) is 8.60. The van der Waals surface area contributed by atoms with Gasteiger partial charge in [0.2, 0.25) is 0 Å². The van der Waals surface area contributed by atoms with Crippen molar-refractivity contribution in [1.82, 2.24) is 14.3 Å². The van der Waals surface area contributed by atoms with Crippen molar-refractivity contribution < 1.29 is 17.9 Å². The minimum absolute atomic E-state index is 0. The predicted octanol–water partition coefficient (Wildman–Crippen LogP) is -0.801. The molecule has 19 heavy (non-hydrogen) atoms. The van der Waals surface area contributed by atoms with Crippen molar-refractivity contribution >= 4 is 22.6 Å². The Morgan fingerprint density at radius 3 is 2.26 bits per heavy atom. The third-order valence-corrected chi connectivity index (χ3v) is 4.48. The largest absolute Gasteiger partial charge is 0.383 e. The molecule has 0 amide bonds. The highest BCUT2D eigenvalue weighted by Crippen LogP contribution is 2.04. The first-order valence-corrected chi connectivity index (χ1v) is 7.50. The van der Waals surface area contributed by atoms with Crippen LogP contribution >= 0.6 is 12.4 Å². The van der Waals surface area contributed by atoms with Gasteiger partial charge < -0.3 is 14.8 Å². The van der Waals surface area contributed by atoms with Crippen molar-refractivity contribution in [2.45, 2.75) is 12.5 Å². The average Bonchev–Trinajstić information content (AvgIpc) is 2.81. The van der Waals surface area contributed by atoms with Crippen molar-refractivity contribution in [1.29, 1.82) is 0 Å². The Hall–Kier alpha value is 0.0400. The molecule has 1 unspecified atom stereocenters. The SMILES string of the molecule is COCCN(CCOC)S(=O)(=O)NC1CCNC1.Cl. The van der Waals surface area contributed by atoms with E-state index >= 15 is 0 Å². The first kappa shape index (κ1) is 19.0. The van der Waals surface area contributed by atoms with E-state index in [9.17, 15) is 8.42 Å². The monoisotopic (exact) mass is 317 g/mol. The normalized spacial score (nSPS) is 19.6. The van der Waals surface area contributed by atoms with Crippen LogP contribution in [0.4, 0.5) is 0 Å². The molecule has 7 nitrogen and oxygen atoms in total. The third kappa shape index (κ3) is 6.84. The molecule has 1 rings (SSSR count). The number of halogens is 1. The Balaban J connectivity index is 0.00000324. The standard InChI is InChI=1S/C10H23N3O4S.ClH/c1-16-7-5-13(6-8-17-2)18(14,15)12-10-3-4-11-9-10;/h10-12H,3-9H2,1-2H3;1H. The van der Waals surface area contributed by atoms with E-state index in [0.717, 1.165) is 13.0 Å². The van der Waals surface area contributed by atoms with Crippen molar-refractivity contribution in [3.8, 4) is 0 Å². The summed E-state index contributed by atoms with van der Waals surface area (Å²) in [5.41, 5.74) is 0. The summed E-state index contributed by atoms with van der Waals surface area (Å²) in [5.74, 6) is 0. The van der Waals surface area contributed by atoms with E-state index in [1.165, 1.54) is 4.31 Å². The third-order valence-electron chi connectivity index (χ3n) is 2.81. The molecule has 0 aromatic carbocycles. The number of nitrogens with one attached hydrogen (secondary N) is 2. The summed E-state index contributed by atoms with van der Waals surface area (Å²) >= 11 is 0. The molecule has 9 heteroatoms. The molecule has 0 aliphatic carbocycles. The van der Waals surface area contributed by atoms with Gasteiger partial charge in [0.1, 0.15) is 0 Å². The molecular weight excluding hydrogens is 294 g/mol. The maximum Gasteiger partial charge on any atom is 0.279 e. The number of rotatable bonds is 9. The molecule has 1 atom stereocenters. The molecule has 2 N–H and O–H groups in total. The fraction of sp³-hybridized carbons (Fsp3) is 1.00. The van der Waals surface area contributed by atoms with Crippen LogP contribution in [0.5, 0.6) is 0 Å². The van der Waals surface area contributed by atoms with Crippen LogP contribution in [0.15, 0.2) is 0 Å². The van der Waals surface area contributed by atoms with Gasteiger partial charge in [-0.1, -0.05) is 0 Å². The number of nitrogens with zero attached hydrogens (tertiary/aromatic N) is 1. The molecular formula is C10H24ClN3O4S. The zero-order valence-corrected chi connectivity index (χ0v) is 13.1. The molecule has 0 aromatic rings. The van der Waals surface area contributed by atoms with Gasteiger partial charge in [0.25, 0.3) is 10.2 Å². The van der Waals surface area contributed by atoms with Crippen LogP contribution in [0.1, 0.15) is 6.42 Å². The van der Waals surface area contributed by atoms with E-state index in [-0.39, 0.29) is 18.4 Å². The van der Waals surface area contributed by atoms with Gasteiger partial charge in [-0.05, 0) is 13.0 Å². The van der Waals surface area contributed by atoms with E-state index < -0.39 is 10.2 Å². The van der Waals surface area contributed by atoms with Crippen molar-refractivity contribution in [2.75, 3.05) is 53.6 Å². The minimum Gasteiger partial charge on any atom is -0.383 e. The number of methoxy groups -OCH3 is 2. The highest BCUT2D eigenvalue weighted by atomic mass is 35.5. The van der Waals surface area contributed by atoms with E-state index in [1.807, 2.05) is 0 Å². The van der Waals surface area contributed by atoms with Crippen LogP contribution in [0.3, 0.4) is 0 Å². The summed E-state index contributed by atoms with van der Waals surface area (Å²) in [6, 6.07) is -0.0254. The molecule has 1 aliphatic rings. The predicted molar refractivity (Wildman–Crippen MR) is 75.9 cm³/mol. The van der Waals surface area contributed by atoms with Gasteiger partial charge in [-0.25, -0.2) is 0 Å². The van der Waals surface area contributed by atoms with Crippen LogP contribution in [-0.4, -0.2) is 72.4 Å². The lowest BCUT2D eigenvalue weighted by Gasteiger charge is -2.23. The van der Waals surface area contributed by atoms with E-state index in [1.54, 1.807) is 14.2 Å². The Kier molecular flexibility index (Phi) is 9.89. The fourth-order valence-corrected chi connectivity index (χ4v) is 3.18. The molecule has 0 aromatic heterocycles. The van der Waals surface area contributed by atoms with Gasteiger partial charge in [0, 0.05) is 39.9 Å². The van der Waals surface area contributed by atoms with Crippen molar-refractivity contribution in [3.05, 3.63) is 0 Å². The van der Waals surface area contributed by atoms with Crippen LogP contribution in [-0.2, 0) is 19.7 Å². The Morgan fingerprint density at radius 2 is 1.84 bits per heavy atom. The summed E-state index contributed by atoms with van der Waals surface area (Å²) in [6.07, 6.45) is 0.821. The van der Waals surface area contributed by atoms with Crippen molar-refractivity contribution in [3.63, 3.8) is 0 Å². The fourth-order valence-electron chi connectivity index (χ4n) is 1.78. The lowest BCUT2D eigenvalue weighted by molar-refractivity contribution is 0.149. The molecule has 1 heterocycles. The molecule has 1 fully saturated rings. The zero-order valence-electron chi connectivity index (χ0n) is 11.4. The minimum atomic E-state index is -3.47. The molecule has 1 saturated heterocycles. The molecule has 0 saturated carbocycles. The average molecular weight is 318 g/mol. The van der Waals surface area contributed by atoms with Crippen LogP contribution in [0.25, 0.3) is 0 Å². The highest BCUT2D eigenvalue weighted by molar-refractivity contribution is 7.87. The summed E-state index contributed by atoms with van der Waals surface area (Å²) in [4.78, 5) is 0. The van der Waals surface area contributed by atoms with Gasteiger partial charge in [0.05, 0.1) is 13.2 Å². The Labute approximate surface area is 121 Å². The van der Waals surface area contributed by atoms with Gasteiger partial charge >= 0.3 is 0 Å². The van der Waals surface area contributed by atoms with Crippen LogP contribution < -0.4 is 10.0 Å². The quantitative estimate of drug-likeness (QED) is 0.582. The van der Waals surface area contributed by atoms with Gasteiger partial charge in [-0.3, -0.25) is 0 Å². The molecule has 0 bridgehead atoms. The highest BCUT2D eigenvalue weighted by Gasteiger charge is 2.26. The van der Waals surface area contributed by atoms with Gasteiger partial charge in [0.15, 0.2) is 0 Å². The molecule has 116 valence electrons. The van der Waals surface area contributed by atoms with E-state index in [4.69, 9.17) is 9.47 Å². The molecule has 0 spiro atoms. The number of ether oxygens (including phenoxy) is 2. The second-order valence-electron chi connectivity index (χ2n) is 4.20. The Bertz CT molecular complexity index is 315. The van der Waals surface area contributed by atoms with Gasteiger partial charge in [-0.15, -0.1) is 12.4 Å². The second kappa shape index (κ2) is 9.87. The number of hydrogen-bond donors (Lipinski definition) is 2. The molecule has 1 aliphatic heterocycles. The summed E-state index contributed by atoms with van der Waals surface area (Å²) in [7, 11) is -0.365. The smallest absolute Gasteiger partial charge is 0.279 e. The summed E-state index contributed by atoms with van der Waals surface area (Å²) in [5, 5.41) is 3.13. The van der Waals surface area contributed by atoms with Crippen LogP contribution in [0, 0.1) is 0 Å². The lowest BCUT2D eigenvalue weighted by Crippen LogP contribution is -2.48. The molecule has 0 radical (unpaired) electrons. The first-order valence-electron chi connectivity index (χ1n) is 6.06. The van der Waals surface area contributed by atoms with Crippen molar-refractivity contribution in [2.24, 2.45) is 0 Å². The summed E-state index contributed by atoms with van der Waals surface area (Å²) < 4.78 is 38.3. The maximum atomic E-state index is 12.2. The van der Waals surface area contributed by atoms with Gasteiger partial charge in [-0.2, -0.15) is 17.4 Å². The summed E-state index contributed by atoms with van der Waals surface area (Å²) in [6.45, 7) is 2.93. The van der Waals surface area contributed by atoms with E-state index in [0.29, 0.717) is 32.8 Å². The topological polar surface area (TPSA) is 79.9 Å². The lowest BCUT2D eigenvalue weighted by atomic mass is 10.3. The zero-order chi connectivity index (χ0) is 13.4. The van der Waals surface area contributed by atoms with E-state index in [2.05, 4.69) is 10.0 Å².